The van der Waals surface area contributed by atoms with Crippen LogP contribution in [-0.2, 0) is 14.2 Å². The molecular formula is C13H17ClO4S. The number of carbonyl (C=O) groups excluding carboxylic acids is 1. The van der Waals surface area contributed by atoms with Crippen LogP contribution in [0, 0.1) is 0 Å². The van der Waals surface area contributed by atoms with Crippen LogP contribution in [0.5, 0.6) is 0 Å². The third-order valence-corrected chi connectivity index (χ3v) is 2.88. The molecule has 6 heteroatoms. The lowest BCUT2D eigenvalue weighted by molar-refractivity contribution is 0.0288. The van der Waals surface area contributed by atoms with Crippen LogP contribution in [0.2, 0.25) is 5.02 Å². The van der Waals surface area contributed by atoms with E-state index in [0.29, 0.717) is 35.3 Å². The molecule has 0 fully saturated rings. The third-order valence-electron chi connectivity index (χ3n) is 2.27. The molecule has 0 bridgehead atoms. The first-order chi connectivity index (χ1) is 9.15. The Balaban J connectivity index is 2.26. The fourth-order valence-electron chi connectivity index (χ4n) is 1.35. The van der Waals surface area contributed by atoms with Gasteiger partial charge in [0, 0.05) is 25.2 Å². The van der Waals surface area contributed by atoms with Crippen LogP contribution in [0.1, 0.15) is 16.8 Å². The molecule has 106 valence electrons. The maximum atomic E-state index is 11.7. The van der Waals surface area contributed by atoms with Gasteiger partial charge in [0.25, 0.3) is 0 Å². The van der Waals surface area contributed by atoms with Gasteiger partial charge in [0.15, 0.2) is 0 Å². The van der Waals surface area contributed by atoms with Crippen molar-refractivity contribution in [3.63, 3.8) is 0 Å². The van der Waals surface area contributed by atoms with Crippen LogP contribution in [0.4, 0.5) is 0 Å². The molecule has 0 amide bonds. The van der Waals surface area contributed by atoms with Crippen molar-refractivity contribution in [2.45, 2.75) is 11.3 Å². The van der Waals surface area contributed by atoms with Crippen molar-refractivity contribution in [2.24, 2.45) is 0 Å². The van der Waals surface area contributed by atoms with Gasteiger partial charge in [0.05, 0.1) is 17.2 Å². The molecule has 4 nitrogen and oxygen atoms in total. The Morgan fingerprint density at radius 3 is 2.79 bits per heavy atom. The van der Waals surface area contributed by atoms with E-state index >= 15 is 0 Å². The Hall–Kier alpha value is -0.750. The summed E-state index contributed by atoms with van der Waals surface area (Å²) in [5.74, 6) is -0.471. The first kappa shape index (κ1) is 16.3. The largest absolute Gasteiger partial charge is 0.460 e. The maximum absolute atomic E-state index is 11.7. The van der Waals surface area contributed by atoms with E-state index in [0.717, 1.165) is 6.42 Å². The summed E-state index contributed by atoms with van der Waals surface area (Å²) in [6, 6.07) is 4.90. The van der Waals surface area contributed by atoms with Crippen molar-refractivity contribution in [2.75, 3.05) is 33.5 Å². The monoisotopic (exact) mass is 304 g/mol. The lowest BCUT2D eigenvalue weighted by Crippen LogP contribution is -2.12. The Bertz CT molecular complexity index is 412. The van der Waals surface area contributed by atoms with E-state index in [4.69, 9.17) is 25.8 Å². The molecule has 0 aromatic heterocycles. The number of hydrogen-bond acceptors (Lipinski definition) is 5. The summed E-state index contributed by atoms with van der Waals surface area (Å²) in [6.07, 6.45) is 0.817. The number of thiol groups is 1. The SMILES string of the molecule is COCCCOCCOC(=O)c1cc(S)ccc1Cl. The van der Waals surface area contributed by atoms with Crippen molar-refractivity contribution in [3.8, 4) is 0 Å². The van der Waals surface area contributed by atoms with Gasteiger partial charge < -0.3 is 14.2 Å². The molecule has 0 spiro atoms. The summed E-state index contributed by atoms with van der Waals surface area (Å²) < 4.78 is 15.2. The molecule has 0 aliphatic carbocycles. The molecular weight excluding hydrogens is 288 g/mol. The minimum atomic E-state index is -0.471. The Morgan fingerprint density at radius 2 is 2.05 bits per heavy atom. The van der Waals surface area contributed by atoms with Gasteiger partial charge in [0.1, 0.15) is 6.61 Å². The van der Waals surface area contributed by atoms with Gasteiger partial charge in [-0.1, -0.05) is 11.6 Å². The number of benzene rings is 1. The van der Waals surface area contributed by atoms with E-state index in [1.807, 2.05) is 0 Å². The molecule has 0 N–H and O–H groups in total. The fraction of sp³-hybridized carbons (Fsp3) is 0.462. The summed E-state index contributed by atoms with van der Waals surface area (Å²) >= 11 is 10.1. The minimum absolute atomic E-state index is 0.193. The normalized spacial score (nSPS) is 10.5. The second-order valence-corrected chi connectivity index (χ2v) is 4.68. The van der Waals surface area contributed by atoms with Crippen LogP contribution >= 0.6 is 24.2 Å². The molecule has 0 heterocycles. The molecule has 1 aromatic carbocycles. The number of hydrogen-bond donors (Lipinski definition) is 1. The van der Waals surface area contributed by atoms with Gasteiger partial charge in [-0.2, -0.15) is 0 Å². The highest BCUT2D eigenvalue weighted by Crippen LogP contribution is 2.20. The van der Waals surface area contributed by atoms with Crippen LogP contribution < -0.4 is 0 Å². The lowest BCUT2D eigenvalue weighted by atomic mass is 10.2. The standard InChI is InChI=1S/C13H17ClO4S/c1-16-5-2-6-17-7-8-18-13(15)11-9-10(19)3-4-12(11)14/h3-4,9,19H,2,5-8H2,1H3. The first-order valence-electron chi connectivity index (χ1n) is 5.87. The predicted molar refractivity (Wildman–Crippen MR) is 76.3 cm³/mol. The number of esters is 1. The number of methoxy groups -OCH3 is 1. The molecule has 19 heavy (non-hydrogen) atoms. The van der Waals surface area contributed by atoms with Crippen molar-refractivity contribution >= 4 is 30.2 Å². The van der Waals surface area contributed by atoms with Crippen molar-refractivity contribution in [3.05, 3.63) is 28.8 Å². The predicted octanol–water partition coefficient (Wildman–Crippen LogP) is 2.84. The molecule has 0 aliphatic rings. The van der Waals surface area contributed by atoms with E-state index in [2.05, 4.69) is 12.6 Å². The molecule has 1 aromatic rings. The smallest absolute Gasteiger partial charge is 0.339 e. The lowest BCUT2D eigenvalue weighted by Gasteiger charge is -2.07. The number of ether oxygens (including phenoxy) is 3. The second kappa shape index (κ2) is 9.20. The summed E-state index contributed by atoms with van der Waals surface area (Å²) in [5.41, 5.74) is 0.313. The van der Waals surface area contributed by atoms with E-state index in [1.165, 1.54) is 0 Å². The summed E-state index contributed by atoms with van der Waals surface area (Å²) in [5, 5.41) is 0.351. The van der Waals surface area contributed by atoms with Crippen LogP contribution in [0.3, 0.4) is 0 Å². The van der Waals surface area contributed by atoms with Gasteiger partial charge >= 0.3 is 5.97 Å². The van der Waals surface area contributed by atoms with Gasteiger partial charge in [-0.15, -0.1) is 12.6 Å². The Labute approximate surface area is 123 Å². The molecule has 0 aliphatic heterocycles. The second-order valence-electron chi connectivity index (χ2n) is 3.76. The van der Waals surface area contributed by atoms with E-state index in [9.17, 15) is 4.79 Å². The zero-order valence-corrected chi connectivity index (χ0v) is 12.4. The molecule has 0 saturated heterocycles. The van der Waals surface area contributed by atoms with E-state index in [-0.39, 0.29) is 6.61 Å². The average molecular weight is 305 g/mol. The molecule has 0 atom stereocenters. The molecule has 0 saturated carbocycles. The third kappa shape index (κ3) is 6.29. The molecule has 1 rings (SSSR count). The quantitative estimate of drug-likeness (QED) is 0.456. The van der Waals surface area contributed by atoms with Gasteiger partial charge in [0.2, 0.25) is 0 Å². The maximum Gasteiger partial charge on any atom is 0.339 e. The number of rotatable bonds is 8. The van der Waals surface area contributed by atoms with Crippen LogP contribution in [0.15, 0.2) is 23.1 Å². The van der Waals surface area contributed by atoms with Crippen LogP contribution in [0.25, 0.3) is 0 Å². The topological polar surface area (TPSA) is 44.8 Å². The Morgan fingerprint density at radius 1 is 1.26 bits per heavy atom. The highest BCUT2D eigenvalue weighted by Gasteiger charge is 2.11. The highest BCUT2D eigenvalue weighted by molar-refractivity contribution is 7.80. The zero-order chi connectivity index (χ0) is 14.1. The highest BCUT2D eigenvalue weighted by atomic mass is 35.5. The number of carbonyl (C=O) groups is 1. The van der Waals surface area contributed by atoms with Gasteiger partial charge in [-0.05, 0) is 24.6 Å². The first-order valence-corrected chi connectivity index (χ1v) is 6.70. The number of halogens is 1. The van der Waals surface area contributed by atoms with E-state index < -0.39 is 5.97 Å². The van der Waals surface area contributed by atoms with Crippen molar-refractivity contribution in [1.29, 1.82) is 0 Å². The van der Waals surface area contributed by atoms with Crippen molar-refractivity contribution in [1.82, 2.24) is 0 Å². The summed E-state index contributed by atoms with van der Waals surface area (Å²) in [6.45, 7) is 1.79. The molecule has 0 radical (unpaired) electrons. The average Bonchev–Trinajstić information content (AvgIpc) is 2.40. The van der Waals surface area contributed by atoms with E-state index in [1.54, 1.807) is 25.3 Å². The summed E-state index contributed by atoms with van der Waals surface area (Å²) in [4.78, 5) is 12.4. The Kier molecular flexibility index (Phi) is 7.90. The minimum Gasteiger partial charge on any atom is -0.460 e. The zero-order valence-electron chi connectivity index (χ0n) is 10.7. The summed E-state index contributed by atoms with van der Waals surface area (Å²) in [7, 11) is 1.64. The molecule has 0 unspecified atom stereocenters. The van der Waals surface area contributed by atoms with Gasteiger partial charge in [-0.25, -0.2) is 4.79 Å². The van der Waals surface area contributed by atoms with Gasteiger partial charge in [-0.3, -0.25) is 0 Å². The van der Waals surface area contributed by atoms with Crippen molar-refractivity contribution < 1.29 is 19.0 Å². The van der Waals surface area contributed by atoms with Crippen LogP contribution in [-0.4, -0.2) is 39.5 Å². The fourth-order valence-corrected chi connectivity index (χ4v) is 1.75.